The van der Waals surface area contributed by atoms with Gasteiger partial charge in [-0.1, -0.05) is 355 Å². The first-order valence-corrected chi connectivity index (χ1v) is 44.9. The van der Waals surface area contributed by atoms with Gasteiger partial charge in [-0.25, -0.2) is 0 Å². The summed E-state index contributed by atoms with van der Waals surface area (Å²) in [6.45, 7) is 0. The van der Waals surface area contributed by atoms with Crippen LogP contribution in [0.4, 0.5) is 28.4 Å². The molecule has 588 valence electrons. The smallest absolute Gasteiger partial charge is 0.143 e. The van der Waals surface area contributed by atoms with Gasteiger partial charge in [0.15, 0.2) is 0 Å². The Morgan fingerprint density at radius 3 is 1.00 bits per heavy atom. The predicted molar refractivity (Wildman–Crippen MR) is 526 cm³/mol. The van der Waals surface area contributed by atoms with Crippen LogP contribution in [0, 0.1) is 0 Å². The first-order valence-electron chi connectivity index (χ1n) is 42.5. The number of nitrogens with one attached hydrogen (secondary N) is 1. The van der Waals surface area contributed by atoms with E-state index in [9.17, 15) is 0 Å². The van der Waals surface area contributed by atoms with Gasteiger partial charge in [0, 0.05) is 85.2 Å². The van der Waals surface area contributed by atoms with Crippen LogP contribution < -0.4 is 10.2 Å². The zero-order valence-electron chi connectivity index (χ0n) is 67.7. The third-order valence-corrected chi connectivity index (χ3v) is 28.6. The van der Waals surface area contributed by atoms with Crippen LogP contribution in [-0.4, -0.2) is 0 Å². The third-order valence-electron chi connectivity index (χ3n) is 25.8. The maximum atomic E-state index is 6.49. The van der Waals surface area contributed by atoms with Crippen LogP contribution in [0.5, 0.6) is 0 Å². The van der Waals surface area contributed by atoms with Gasteiger partial charge in [-0.05, 0) is 255 Å². The number of halogens is 1. The van der Waals surface area contributed by atoms with E-state index in [1.807, 2.05) is 53.9 Å². The second-order valence-corrected chi connectivity index (χ2v) is 35.7. The van der Waals surface area contributed by atoms with Crippen molar-refractivity contribution >= 4 is 133 Å². The summed E-state index contributed by atoms with van der Waals surface area (Å²) >= 11 is 7.55. The first kappa shape index (κ1) is 74.2. The van der Waals surface area contributed by atoms with Crippen LogP contribution in [0.1, 0.15) is 44.5 Å². The molecule has 0 unspecified atom stereocenters. The largest absolute Gasteiger partial charge is 0.455 e. The van der Waals surface area contributed by atoms with Crippen LogP contribution in [0.2, 0.25) is 0 Å². The van der Waals surface area contributed by atoms with E-state index >= 15 is 0 Å². The lowest BCUT2D eigenvalue weighted by molar-refractivity contribution is 0.669. The quantitative estimate of drug-likeness (QED) is 0.155. The van der Waals surface area contributed by atoms with Gasteiger partial charge in [0.2, 0.25) is 0 Å². The molecule has 20 aromatic carbocycles. The fraction of sp³-hybridized carbons (Fsp3) is 0.0169. The lowest BCUT2D eigenvalue weighted by Crippen LogP contribution is -2.32. The molecule has 125 heavy (non-hydrogen) atoms. The van der Waals surface area contributed by atoms with Gasteiger partial charge in [-0.2, -0.15) is 0 Å². The van der Waals surface area contributed by atoms with Gasteiger partial charge >= 0.3 is 0 Å². The zero-order valence-corrected chi connectivity index (χ0v) is 70.9. The van der Waals surface area contributed by atoms with Crippen molar-refractivity contribution in [3.05, 3.63) is 498 Å². The normalized spacial score (nSPS) is 13.1. The minimum Gasteiger partial charge on any atom is -0.455 e. The van der Waals surface area contributed by atoms with Gasteiger partial charge in [0.25, 0.3) is 0 Å². The second kappa shape index (κ2) is 30.4. The molecule has 2 aromatic heterocycles. The maximum Gasteiger partial charge on any atom is 0.143 e. The average Bonchev–Trinajstić information content (AvgIpc) is 1.53. The Labute approximate surface area is 741 Å². The van der Waals surface area contributed by atoms with E-state index in [4.69, 9.17) is 8.83 Å². The van der Waals surface area contributed by atoms with Crippen molar-refractivity contribution in [1.82, 2.24) is 0 Å². The Balaban J connectivity index is 0.000000116. The van der Waals surface area contributed by atoms with Crippen LogP contribution in [0.25, 0.3) is 132 Å². The van der Waals surface area contributed by atoms with E-state index in [-0.39, 0.29) is 5.41 Å². The van der Waals surface area contributed by atoms with Crippen molar-refractivity contribution in [2.24, 2.45) is 0 Å². The summed E-state index contributed by atoms with van der Waals surface area (Å²) in [5.41, 5.74) is 33.6. The molecule has 0 fully saturated rings. The highest BCUT2D eigenvalue weighted by Gasteiger charge is 2.52. The summed E-state index contributed by atoms with van der Waals surface area (Å²) in [6, 6.07) is 163. The molecule has 4 aliphatic rings. The molecule has 0 radical (unpaired) electrons. The van der Waals surface area contributed by atoms with Crippen molar-refractivity contribution in [2.45, 2.75) is 30.4 Å². The predicted octanol–water partition coefficient (Wildman–Crippen LogP) is 33.5. The highest BCUT2D eigenvalue weighted by Crippen LogP contribution is 2.66. The number of hydrogen-bond donors (Lipinski definition) is 1. The van der Waals surface area contributed by atoms with E-state index in [0.29, 0.717) is 0 Å². The summed E-state index contributed by atoms with van der Waals surface area (Å²) < 4.78 is 13.8. The van der Waals surface area contributed by atoms with Crippen molar-refractivity contribution in [1.29, 1.82) is 0 Å². The SMILES string of the molecule is Brc1ccc2c(c1)C1(c3ccccc3Sc3ccccc31)c1cc3ccccc3cc1-2.c1ccc(-c2ccc(N(c3ccc(-c4cccc5c4oc4ccccc45)cc3)c3ccc4c(c3)C3(c5ccccc5Sc5ccccc53)c3cc5ccccc5cc3-4)cc2)cc1.c1ccc(-c2ccc(Nc3ccc(-c4cccc5c4oc4ccccc45)cc3)cc2)cc1. The molecule has 7 heteroatoms. The molecular formula is C118H75BrN2O2S2. The molecule has 2 aliphatic carbocycles. The lowest BCUT2D eigenvalue weighted by atomic mass is 9.67. The molecule has 2 aliphatic heterocycles. The maximum absolute atomic E-state index is 6.49. The van der Waals surface area contributed by atoms with Crippen molar-refractivity contribution < 1.29 is 8.83 Å². The van der Waals surface area contributed by atoms with E-state index in [2.05, 4.69) is 445 Å². The number of fused-ring (bicyclic) bond motifs is 26. The number of benzene rings is 20. The topological polar surface area (TPSA) is 41.6 Å². The van der Waals surface area contributed by atoms with Crippen LogP contribution in [0.15, 0.2) is 482 Å². The summed E-state index contributed by atoms with van der Waals surface area (Å²) in [5.74, 6) is 0. The number of hydrogen-bond acceptors (Lipinski definition) is 6. The highest BCUT2D eigenvalue weighted by molar-refractivity contribution is 9.10. The van der Waals surface area contributed by atoms with Crippen molar-refractivity contribution in [2.75, 3.05) is 10.2 Å². The molecule has 4 nitrogen and oxygen atoms in total. The molecule has 26 rings (SSSR count). The molecular weight excluding hydrogens is 1620 g/mol. The van der Waals surface area contributed by atoms with Crippen molar-refractivity contribution in [3.8, 4) is 66.8 Å². The van der Waals surface area contributed by atoms with E-state index in [1.54, 1.807) is 0 Å². The molecule has 0 saturated carbocycles. The van der Waals surface area contributed by atoms with Crippen LogP contribution >= 0.6 is 39.5 Å². The monoisotopic (exact) mass is 1690 g/mol. The Morgan fingerprint density at radius 1 is 0.224 bits per heavy atom. The Kier molecular flexibility index (Phi) is 18.0. The van der Waals surface area contributed by atoms with Crippen LogP contribution in [-0.2, 0) is 10.8 Å². The number of para-hydroxylation sites is 4. The third kappa shape index (κ3) is 12.3. The Bertz CT molecular complexity index is 7930. The van der Waals surface area contributed by atoms with Gasteiger partial charge in [0.05, 0.1) is 10.8 Å². The Hall–Kier alpha value is -14.7. The fourth-order valence-electron chi connectivity index (χ4n) is 20.2. The summed E-state index contributed by atoms with van der Waals surface area (Å²) in [7, 11) is 0. The minimum atomic E-state index is -0.513. The lowest BCUT2D eigenvalue weighted by Gasteiger charge is -2.40. The molecule has 0 atom stereocenters. The van der Waals surface area contributed by atoms with Crippen molar-refractivity contribution in [3.63, 3.8) is 0 Å². The molecule has 22 aromatic rings. The zero-order chi connectivity index (χ0) is 82.7. The first-order chi connectivity index (χ1) is 61.8. The Morgan fingerprint density at radius 2 is 0.552 bits per heavy atom. The molecule has 1 N–H and O–H groups in total. The number of nitrogens with zero attached hydrogens (tertiary/aromatic N) is 1. The number of rotatable bonds is 9. The van der Waals surface area contributed by atoms with Crippen LogP contribution in [0.3, 0.4) is 0 Å². The highest BCUT2D eigenvalue weighted by atomic mass is 79.9. The molecule has 0 saturated heterocycles. The number of furan rings is 2. The van der Waals surface area contributed by atoms with Gasteiger partial charge in [-0.15, -0.1) is 0 Å². The standard InChI is InChI=1S/C59H37NOS.C30H21NO.C29H17BrS/c1-2-13-38(14-3-1)39-25-29-43(30-26-39)60(44-31-27-40(28-32-44)46-18-12-19-49-48-17-6-9-22-55(48)61-58(46)49)45-33-34-47-50-35-41-15-4-5-16-42(41)36-53(50)59(54(47)37-45)51-20-7-10-23-56(51)62-57-24-11-8-21-52(57)59;1-2-7-21(8-3-1)22-13-17-24(18-14-22)31-25-19-15-23(16-20-25)26-10-6-11-28-27-9-4-5-12-29(27)32-30(26)28;30-20-13-14-21-22-15-18-7-1-2-8-19(18)16-25(22)29(26(21)17-20)23-9-3-5-11-27(23)31-28-12-6-4-10-24(28)29/h1-37H;1-20,31H;1-17H. The molecule has 2 spiro atoms. The van der Waals surface area contributed by atoms with E-state index in [1.165, 1.54) is 130 Å². The molecule has 0 bridgehead atoms. The van der Waals surface area contributed by atoms with Gasteiger partial charge < -0.3 is 19.1 Å². The summed E-state index contributed by atoms with van der Waals surface area (Å²) in [5, 5.41) is 13.2. The average molecular weight is 1700 g/mol. The van der Waals surface area contributed by atoms with E-state index in [0.717, 1.165) is 99.0 Å². The fourth-order valence-corrected chi connectivity index (χ4v) is 22.9. The van der Waals surface area contributed by atoms with Gasteiger partial charge in [-0.3, -0.25) is 0 Å². The van der Waals surface area contributed by atoms with E-state index < -0.39 is 5.41 Å². The second-order valence-electron chi connectivity index (χ2n) is 32.6. The number of anilines is 5. The summed E-state index contributed by atoms with van der Waals surface area (Å²) in [6.07, 6.45) is 0. The molecule has 4 heterocycles. The minimum absolute atomic E-state index is 0.309. The van der Waals surface area contributed by atoms with Gasteiger partial charge in [0.1, 0.15) is 22.3 Å². The molecule has 0 amide bonds. The summed E-state index contributed by atoms with van der Waals surface area (Å²) in [4.78, 5) is 7.70.